The number of pyridine rings is 1. The number of hydrogen-bond donors (Lipinski definition) is 2. The molecule has 3 rings (SSSR count). The lowest BCUT2D eigenvalue weighted by atomic mass is 10.2. The Kier molecular flexibility index (Phi) is 5.85. The molecule has 0 aliphatic rings. The fraction of sp³-hybridized carbons (Fsp3) is 0.111. The van der Waals surface area contributed by atoms with Crippen molar-refractivity contribution in [2.24, 2.45) is 0 Å². The average Bonchev–Trinajstić information content (AvgIpc) is 3.14. The highest BCUT2D eigenvalue weighted by atomic mass is 35.5. The molecule has 13 heteroatoms. The smallest absolute Gasteiger partial charge is 0.298 e. The highest BCUT2D eigenvalue weighted by Crippen LogP contribution is 2.33. The van der Waals surface area contributed by atoms with Crippen LogP contribution in [-0.4, -0.2) is 15.5 Å². The van der Waals surface area contributed by atoms with E-state index in [0.29, 0.717) is 24.4 Å². The fourth-order valence-electron chi connectivity index (χ4n) is 2.53. The monoisotopic (exact) mass is 466 g/mol. The molecule has 2 N–H and O–H groups in total. The predicted molar refractivity (Wildman–Crippen MR) is 96.1 cm³/mol. The molecule has 0 radical (unpaired) electrons. The molecular formula is C18H10ClF7N4O. The van der Waals surface area contributed by atoms with E-state index >= 15 is 0 Å². The third-order valence-electron chi connectivity index (χ3n) is 3.95. The molecule has 2 heterocycles. The number of nitrogens with one attached hydrogen (secondary N) is 2. The van der Waals surface area contributed by atoms with Gasteiger partial charge in [0.25, 0.3) is 5.91 Å². The zero-order valence-electron chi connectivity index (χ0n) is 14.9. The number of carbonyl (C=O) groups excluding carboxylic acids is 1. The van der Waals surface area contributed by atoms with Crippen LogP contribution in [0.25, 0.3) is 5.82 Å². The maximum absolute atomic E-state index is 13.6. The van der Waals surface area contributed by atoms with Crippen molar-refractivity contribution in [1.82, 2.24) is 15.0 Å². The number of halogens is 8. The largest absolute Gasteiger partial charge is 0.419 e. The van der Waals surface area contributed by atoms with Crippen LogP contribution in [0.4, 0.5) is 36.4 Å². The van der Waals surface area contributed by atoms with E-state index in [1.54, 1.807) is 0 Å². The Labute approximate surface area is 174 Å². The van der Waals surface area contributed by atoms with E-state index in [1.807, 2.05) is 0 Å². The first kappa shape index (κ1) is 22.4. The Morgan fingerprint density at radius 2 is 1.74 bits per heavy atom. The molecule has 0 saturated heterocycles. The van der Waals surface area contributed by atoms with Gasteiger partial charge >= 0.3 is 12.4 Å². The lowest BCUT2D eigenvalue weighted by molar-refractivity contribution is -0.140. The van der Waals surface area contributed by atoms with Gasteiger partial charge in [0.2, 0.25) is 0 Å². The first-order valence-electron chi connectivity index (χ1n) is 8.21. The second-order valence-corrected chi connectivity index (χ2v) is 6.47. The maximum atomic E-state index is 13.6. The second-order valence-electron chi connectivity index (χ2n) is 6.06. The van der Waals surface area contributed by atoms with E-state index in [2.05, 4.69) is 15.8 Å². The van der Waals surface area contributed by atoms with Crippen molar-refractivity contribution in [2.75, 3.05) is 5.43 Å². The lowest BCUT2D eigenvalue weighted by Crippen LogP contribution is -2.31. The summed E-state index contributed by atoms with van der Waals surface area (Å²) in [6, 6.07) is 5.27. The fourth-order valence-corrected chi connectivity index (χ4v) is 2.79. The van der Waals surface area contributed by atoms with Crippen LogP contribution < -0.4 is 10.9 Å². The molecule has 2 aromatic heterocycles. The lowest BCUT2D eigenvalue weighted by Gasteiger charge is -2.14. The van der Waals surface area contributed by atoms with Gasteiger partial charge in [0.15, 0.2) is 5.82 Å². The van der Waals surface area contributed by atoms with Crippen LogP contribution in [0.5, 0.6) is 0 Å². The highest BCUT2D eigenvalue weighted by molar-refractivity contribution is 6.32. The van der Waals surface area contributed by atoms with Gasteiger partial charge in [-0.25, -0.2) is 9.37 Å². The van der Waals surface area contributed by atoms with Crippen molar-refractivity contribution in [2.45, 2.75) is 12.4 Å². The molecule has 0 unspecified atom stereocenters. The third kappa shape index (κ3) is 4.90. The molecule has 0 spiro atoms. The minimum atomic E-state index is -4.87. The Bertz CT molecular complexity index is 1120. The molecule has 0 fully saturated rings. The number of hydrazine groups is 1. The number of aromatic nitrogens is 2. The highest BCUT2D eigenvalue weighted by Gasteiger charge is 2.34. The van der Waals surface area contributed by atoms with E-state index < -0.39 is 35.2 Å². The zero-order chi connectivity index (χ0) is 23.0. The van der Waals surface area contributed by atoms with Gasteiger partial charge in [-0.05, 0) is 36.4 Å². The standard InChI is InChI=1S/C18H10ClF7N4O/c19-12-6-9(17(21,22)23)8-27-15(12)30-5-1-2-14(30)16(31)29-28-10-3-4-11(13(20)7-10)18(24,25)26/h1-8,28H,(H,29,31). The minimum Gasteiger partial charge on any atom is -0.298 e. The Morgan fingerprint density at radius 3 is 2.32 bits per heavy atom. The van der Waals surface area contributed by atoms with E-state index in [9.17, 15) is 35.5 Å². The number of rotatable bonds is 4. The second kappa shape index (κ2) is 8.10. The van der Waals surface area contributed by atoms with Crippen LogP contribution in [0.2, 0.25) is 5.02 Å². The molecule has 164 valence electrons. The third-order valence-corrected chi connectivity index (χ3v) is 4.23. The summed E-state index contributed by atoms with van der Waals surface area (Å²) >= 11 is 5.88. The average molecular weight is 467 g/mol. The van der Waals surface area contributed by atoms with Gasteiger partial charge in [0.05, 0.1) is 21.8 Å². The summed E-state index contributed by atoms with van der Waals surface area (Å²) in [5.41, 5.74) is 1.55. The van der Waals surface area contributed by atoms with Gasteiger partial charge in [0, 0.05) is 12.4 Å². The molecule has 0 saturated carbocycles. The summed E-state index contributed by atoms with van der Waals surface area (Å²) in [4.78, 5) is 16.1. The van der Waals surface area contributed by atoms with Gasteiger partial charge in [-0.2, -0.15) is 26.3 Å². The van der Waals surface area contributed by atoms with E-state index in [-0.39, 0.29) is 22.2 Å². The van der Waals surface area contributed by atoms with E-state index in [4.69, 9.17) is 11.6 Å². The van der Waals surface area contributed by atoms with Crippen LogP contribution in [0.1, 0.15) is 21.6 Å². The van der Waals surface area contributed by atoms with Crippen LogP contribution in [0.15, 0.2) is 48.8 Å². The molecule has 0 aliphatic carbocycles. The summed E-state index contributed by atoms with van der Waals surface area (Å²) in [5, 5.41) is -0.377. The molecule has 1 amide bonds. The first-order valence-corrected chi connectivity index (χ1v) is 8.59. The first-order chi connectivity index (χ1) is 14.4. The Hall–Kier alpha value is -3.28. The van der Waals surface area contributed by atoms with Crippen molar-refractivity contribution >= 4 is 23.2 Å². The van der Waals surface area contributed by atoms with E-state index in [0.717, 1.165) is 10.6 Å². The minimum absolute atomic E-state index is 0.117. The SMILES string of the molecule is O=C(NNc1ccc(C(F)(F)F)c(F)c1)c1cccn1-c1ncc(C(F)(F)F)cc1Cl. The topological polar surface area (TPSA) is 59.0 Å². The number of alkyl halides is 6. The van der Waals surface area contributed by atoms with Crippen molar-refractivity contribution in [3.63, 3.8) is 0 Å². The number of carbonyl (C=O) groups is 1. The van der Waals surface area contributed by atoms with Crippen LogP contribution >= 0.6 is 11.6 Å². The van der Waals surface area contributed by atoms with Crippen molar-refractivity contribution in [3.05, 3.63) is 76.5 Å². The summed E-state index contributed by atoms with van der Waals surface area (Å²) in [7, 11) is 0. The predicted octanol–water partition coefficient (Wildman–Crippen LogP) is 5.46. The summed E-state index contributed by atoms with van der Waals surface area (Å²) < 4.78 is 90.8. The molecular weight excluding hydrogens is 457 g/mol. The van der Waals surface area contributed by atoms with Crippen LogP contribution in [0, 0.1) is 5.82 Å². The van der Waals surface area contributed by atoms with Crippen molar-refractivity contribution in [3.8, 4) is 5.82 Å². The number of hydrogen-bond acceptors (Lipinski definition) is 3. The van der Waals surface area contributed by atoms with Crippen LogP contribution in [0.3, 0.4) is 0 Å². The molecule has 3 aromatic rings. The van der Waals surface area contributed by atoms with Crippen molar-refractivity contribution < 1.29 is 35.5 Å². The van der Waals surface area contributed by atoms with Crippen molar-refractivity contribution in [1.29, 1.82) is 0 Å². The molecule has 5 nitrogen and oxygen atoms in total. The Balaban J connectivity index is 1.78. The maximum Gasteiger partial charge on any atom is 0.419 e. The zero-order valence-corrected chi connectivity index (χ0v) is 15.7. The van der Waals surface area contributed by atoms with Gasteiger partial charge in [-0.1, -0.05) is 11.6 Å². The molecule has 0 atom stereocenters. The Morgan fingerprint density at radius 1 is 1.03 bits per heavy atom. The van der Waals surface area contributed by atoms with Gasteiger partial charge in [-0.3, -0.25) is 20.2 Å². The molecule has 31 heavy (non-hydrogen) atoms. The molecule has 0 bridgehead atoms. The molecule has 1 aromatic carbocycles. The quantitative estimate of drug-likeness (QED) is 0.396. The normalized spacial score (nSPS) is 12.0. The number of anilines is 1. The van der Waals surface area contributed by atoms with E-state index in [1.165, 1.54) is 18.3 Å². The number of benzene rings is 1. The summed E-state index contributed by atoms with van der Waals surface area (Å²) in [6.07, 6.45) is -7.67. The van der Waals surface area contributed by atoms with Gasteiger partial charge < -0.3 is 0 Å². The van der Waals surface area contributed by atoms with Gasteiger partial charge in [0.1, 0.15) is 11.5 Å². The summed E-state index contributed by atoms with van der Waals surface area (Å²) in [5.74, 6) is -2.55. The molecule has 0 aliphatic heterocycles. The number of nitrogens with zero attached hydrogens (tertiary/aromatic N) is 2. The van der Waals surface area contributed by atoms with Gasteiger partial charge in [-0.15, -0.1) is 0 Å². The van der Waals surface area contributed by atoms with Crippen LogP contribution in [-0.2, 0) is 12.4 Å². The number of amides is 1. The summed E-state index contributed by atoms with van der Waals surface area (Å²) in [6.45, 7) is 0.